The second-order valence-electron chi connectivity index (χ2n) is 3.10. The molecular weight excluding hydrogens is 522 g/mol. The molecule has 1 aromatic carbocycles. The molecule has 0 aliphatic heterocycles. The van der Waals surface area contributed by atoms with E-state index in [2.05, 4.69) is 5.32 Å². The summed E-state index contributed by atoms with van der Waals surface area (Å²) in [4.78, 5) is 10.9. The normalized spacial score (nSPS) is 7.32. The van der Waals surface area contributed by atoms with Gasteiger partial charge in [0.05, 0.1) is 6.07 Å². The number of phenols is 1. The van der Waals surface area contributed by atoms with Crippen molar-refractivity contribution in [2.75, 3.05) is 6.54 Å². The van der Waals surface area contributed by atoms with Crippen LogP contribution in [-0.4, -0.2) is 17.6 Å². The van der Waals surface area contributed by atoms with Crippen molar-refractivity contribution in [3.05, 3.63) is 29.8 Å². The minimum atomic E-state index is -0.253. The number of aromatic hydroxyl groups is 1. The molecule has 0 unspecified atom stereocenters. The molecule has 0 aliphatic rings. The number of carbonyl (C=O) groups is 1. The third-order valence-corrected chi connectivity index (χ3v) is 1.91. The number of benzene rings is 1. The summed E-state index contributed by atoms with van der Waals surface area (Å²) in [5.41, 5.74) is 1.03. The van der Waals surface area contributed by atoms with Gasteiger partial charge in [0.1, 0.15) is 12.2 Å². The number of nitrogens with zero attached hydrogens (tertiary/aromatic N) is 1. The molecule has 111 valence electrons. The molecule has 6 heteroatoms. The van der Waals surface area contributed by atoms with Gasteiger partial charge in [-0.25, -0.2) is 0 Å². The van der Waals surface area contributed by atoms with Crippen molar-refractivity contribution in [1.29, 1.82) is 5.26 Å². The van der Waals surface area contributed by atoms with E-state index < -0.39 is 0 Å². The van der Waals surface area contributed by atoms with Crippen LogP contribution in [0, 0.1) is 11.3 Å². The molecule has 0 aromatic heterocycles. The fourth-order valence-electron chi connectivity index (χ4n) is 1.14. The predicted molar refractivity (Wildman–Crippen MR) is 68.5 cm³/mol. The Morgan fingerprint density at radius 2 is 1.79 bits per heavy atom. The van der Waals surface area contributed by atoms with Crippen LogP contribution in [0.5, 0.6) is 5.75 Å². The van der Waals surface area contributed by atoms with Gasteiger partial charge in [-0.1, -0.05) is 27.0 Å². The van der Waals surface area contributed by atoms with Crippen LogP contribution >= 0.6 is 0 Å². The number of amides is 1. The van der Waals surface area contributed by atoms with Gasteiger partial charge < -0.3 is 10.4 Å². The van der Waals surface area contributed by atoms with Crippen LogP contribution in [-0.2, 0) is 28.0 Å². The van der Waals surface area contributed by atoms with Crippen LogP contribution in [0.1, 0.15) is 26.8 Å². The summed E-state index contributed by atoms with van der Waals surface area (Å²) in [6.07, 6.45) is 0.590. The van der Waals surface area contributed by atoms with Crippen LogP contribution < -0.4 is 5.32 Å². The fourth-order valence-corrected chi connectivity index (χ4v) is 1.14. The Morgan fingerprint density at radius 3 is 2.26 bits per heavy atom. The molecule has 0 saturated heterocycles. The van der Waals surface area contributed by atoms with E-state index in [4.69, 9.17) is 10.4 Å². The number of nitriles is 1. The zero-order valence-corrected chi connectivity index (χ0v) is 12.9. The van der Waals surface area contributed by atoms with Crippen molar-refractivity contribution in [1.82, 2.24) is 5.32 Å². The monoisotopic (exact) mass is 538 g/mol. The van der Waals surface area contributed by atoms with Gasteiger partial charge in [-0.15, -0.1) is 0 Å². The van der Waals surface area contributed by atoms with Crippen molar-refractivity contribution >= 4 is 5.91 Å². The van der Waals surface area contributed by atoms with Crippen LogP contribution in [0.3, 0.4) is 0 Å². The molecule has 1 radical (unpaired) electrons. The summed E-state index contributed by atoms with van der Waals surface area (Å²) in [5.74, 6) is -0.0245. The number of phenolic OH excluding ortho intramolecular Hbond substituents is 1. The average molecular weight is 542 g/mol. The summed E-state index contributed by atoms with van der Waals surface area (Å²) in [6.45, 7) is 0.505. The fraction of sp³-hybridized carbons (Fsp3) is 0.385. The maximum Gasteiger partial charge on any atom is 0.234 e. The number of hydrogen-bond donors (Lipinski definition) is 2. The molecule has 0 fully saturated rings. The molecule has 2 N–H and O–H groups in total. The van der Waals surface area contributed by atoms with E-state index in [9.17, 15) is 4.79 Å². The topological polar surface area (TPSA) is 73.1 Å². The summed E-state index contributed by atoms with van der Waals surface area (Å²) in [5, 5.41) is 19.9. The smallest absolute Gasteiger partial charge is 0.234 e. The minimum Gasteiger partial charge on any atom is -0.508 e. The zero-order valence-electron chi connectivity index (χ0n) is 8.92. The third-order valence-electron chi connectivity index (χ3n) is 1.91. The Morgan fingerprint density at radius 1 is 1.26 bits per heavy atom. The van der Waals surface area contributed by atoms with Gasteiger partial charge in [-0.05, 0) is 24.1 Å². The van der Waals surface area contributed by atoms with E-state index in [1.165, 1.54) is 0 Å². The number of rotatable bonds is 4. The molecule has 19 heavy (non-hydrogen) atoms. The summed E-state index contributed by atoms with van der Waals surface area (Å²) >= 11 is 0. The maximum atomic E-state index is 10.9. The number of hydrogen-bond acceptors (Lipinski definition) is 3. The molecular formula is C13H20CmCoN2O2. The summed E-state index contributed by atoms with van der Waals surface area (Å²) < 4.78 is 0. The SMILES string of the molecule is C.C.N#CCC(=O)NCCc1ccc(O)cc1.[Cm].[Co]. The van der Waals surface area contributed by atoms with E-state index in [0.29, 0.717) is 13.0 Å². The van der Waals surface area contributed by atoms with E-state index >= 15 is 0 Å². The first-order chi connectivity index (χ1) is 7.22. The average Bonchev–Trinajstić information content (AvgIpc) is 2.21. The molecule has 1 aromatic rings. The van der Waals surface area contributed by atoms with Crippen LogP contribution in [0.2, 0.25) is 0 Å². The largest absolute Gasteiger partial charge is 0.508 e. The molecule has 0 bridgehead atoms. The zero-order chi connectivity index (χ0) is 11.1. The first-order valence-electron chi connectivity index (χ1n) is 4.64. The molecule has 0 aliphatic carbocycles. The Labute approximate surface area is 119 Å². The van der Waals surface area contributed by atoms with E-state index in [-0.39, 0.29) is 49.7 Å². The molecule has 0 spiro atoms. The van der Waals surface area contributed by atoms with E-state index in [1.807, 2.05) is 0 Å². The van der Waals surface area contributed by atoms with Crippen LogP contribution in [0.15, 0.2) is 24.3 Å². The molecule has 0 heterocycles. The number of nitrogens with one attached hydrogen (secondary N) is 1. The molecule has 1 amide bonds. The molecule has 0 atom stereocenters. The molecule has 4 nitrogen and oxygen atoms in total. The predicted octanol–water partition coefficient (Wildman–Crippen LogP) is 2.23. The summed E-state index contributed by atoms with van der Waals surface area (Å²) in [7, 11) is 0. The van der Waals surface area contributed by atoms with Crippen molar-refractivity contribution < 1.29 is 26.7 Å². The quantitative estimate of drug-likeness (QED) is 0.614. The van der Waals surface area contributed by atoms with Crippen molar-refractivity contribution in [3.8, 4) is 11.8 Å². The van der Waals surface area contributed by atoms with Gasteiger partial charge in [-0.2, -0.15) is 5.26 Å². The maximum absolute atomic E-state index is 10.9. The van der Waals surface area contributed by atoms with Crippen LogP contribution in [0.25, 0.3) is 0 Å². The Kier molecular flexibility index (Phi) is 18.1. The van der Waals surface area contributed by atoms with Gasteiger partial charge in [0.2, 0.25) is 5.91 Å². The van der Waals surface area contributed by atoms with E-state index in [1.54, 1.807) is 30.3 Å². The first-order valence-corrected chi connectivity index (χ1v) is 4.64. The second kappa shape index (κ2) is 13.6. The first kappa shape index (κ1) is 25.4. The second-order valence-corrected chi connectivity index (χ2v) is 3.10. The Hall–Kier alpha value is -2.51. The van der Waals surface area contributed by atoms with Gasteiger partial charge in [0.15, 0.2) is 0 Å². The summed E-state index contributed by atoms with van der Waals surface area (Å²) in [6, 6.07) is 8.58. The van der Waals surface area contributed by atoms with Crippen molar-refractivity contribution in [2.24, 2.45) is 0 Å². The Bertz CT molecular complexity index is 377. The van der Waals surface area contributed by atoms with Crippen molar-refractivity contribution in [2.45, 2.75) is 27.7 Å². The third kappa shape index (κ3) is 10.4. The van der Waals surface area contributed by atoms with Gasteiger partial charge >= 0.3 is 0 Å². The standard InChI is InChI=1S/C11H12N2O2.2CH4.Cm.Co/c12-7-5-11(15)13-8-6-9-1-3-10(14)4-2-9;;;;/h1-4,14H,5-6,8H2,(H,13,15);2*1H4;;. The Balaban J connectivity index is -0.000000281. The van der Waals surface area contributed by atoms with Crippen LogP contribution in [0.4, 0.5) is 0 Å². The van der Waals surface area contributed by atoms with Gasteiger partial charge in [0.25, 0.3) is 0 Å². The molecule has 0 saturated carbocycles. The minimum absolute atomic E-state index is 0. The number of carbonyl (C=O) groups excluding carboxylic acids is 1. The molecule has 1 rings (SSSR count). The van der Waals surface area contributed by atoms with E-state index in [0.717, 1.165) is 5.56 Å². The van der Waals surface area contributed by atoms with Crippen molar-refractivity contribution in [3.63, 3.8) is 0 Å². The van der Waals surface area contributed by atoms with Gasteiger partial charge in [0, 0.05) is 23.3 Å². The van der Waals surface area contributed by atoms with Gasteiger partial charge in [-0.3, -0.25) is 4.79 Å².